The summed E-state index contributed by atoms with van der Waals surface area (Å²) in [7, 11) is -3.73. The maximum atomic E-state index is 13.2. The third-order valence-electron chi connectivity index (χ3n) is 5.66. The van der Waals surface area contributed by atoms with E-state index in [0.717, 1.165) is 24.0 Å². The van der Waals surface area contributed by atoms with E-state index in [0.29, 0.717) is 12.8 Å². The van der Waals surface area contributed by atoms with Crippen LogP contribution in [0.5, 0.6) is 0 Å². The summed E-state index contributed by atoms with van der Waals surface area (Å²) in [6, 6.07) is 14.6. The summed E-state index contributed by atoms with van der Waals surface area (Å²) >= 11 is 0. The highest BCUT2D eigenvalue weighted by Crippen LogP contribution is 2.43. The molecule has 0 heterocycles. The zero-order valence-electron chi connectivity index (χ0n) is 16.2. The van der Waals surface area contributed by atoms with Crippen LogP contribution in [0.15, 0.2) is 53.4 Å². The van der Waals surface area contributed by atoms with Crippen LogP contribution in [0.3, 0.4) is 0 Å². The van der Waals surface area contributed by atoms with Gasteiger partial charge in [-0.1, -0.05) is 48.9 Å². The minimum absolute atomic E-state index is 0.225. The van der Waals surface area contributed by atoms with Crippen LogP contribution in [0.1, 0.15) is 55.8 Å². The van der Waals surface area contributed by atoms with Crippen LogP contribution in [0, 0.1) is 6.92 Å². The highest BCUT2D eigenvalue weighted by molar-refractivity contribution is 7.93. The minimum Gasteiger partial charge on any atom is -0.348 e. The number of hydrogen-bond donors (Lipinski definition) is 1. The first kappa shape index (κ1) is 19.6. The standard InChI is InChI=1S/C22H27NO3S/c1-4-18-8-10-19(11-9-18)17(3)23-21(24)22(14-5-15-22)27(25,26)20-12-6-16(2)7-13-20/h6-13,17H,4-5,14-15H2,1-3H3,(H,23,24)/t17-/m0/s1. The predicted molar refractivity (Wildman–Crippen MR) is 107 cm³/mol. The summed E-state index contributed by atoms with van der Waals surface area (Å²) in [5.41, 5.74) is 3.20. The van der Waals surface area contributed by atoms with Gasteiger partial charge < -0.3 is 5.32 Å². The van der Waals surface area contributed by atoms with E-state index >= 15 is 0 Å². The molecule has 1 amide bonds. The average molecular weight is 386 g/mol. The molecule has 1 fully saturated rings. The fourth-order valence-corrected chi connectivity index (χ4v) is 5.59. The van der Waals surface area contributed by atoms with Crippen molar-refractivity contribution in [3.8, 4) is 0 Å². The molecule has 1 saturated carbocycles. The van der Waals surface area contributed by atoms with Crippen molar-refractivity contribution in [2.24, 2.45) is 0 Å². The van der Waals surface area contributed by atoms with Gasteiger partial charge in [-0.05, 0) is 62.8 Å². The molecule has 1 N–H and O–H groups in total. The first-order chi connectivity index (χ1) is 12.8. The quantitative estimate of drug-likeness (QED) is 0.813. The molecule has 1 aliphatic rings. The van der Waals surface area contributed by atoms with Gasteiger partial charge in [0.2, 0.25) is 5.91 Å². The second kappa shape index (κ2) is 7.47. The molecule has 0 spiro atoms. The lowest BCUT2D eigenvalue weighted by molar-refractivity contribution is -0.126. The fourth-order valence-electron chi connectivity index (χ4n) is 3.51. The van der Waals surface area contributed by atoms with Crippen LogP contribution in [-0.2, 0) is 21.1 Å². The maximum Gasteiger partial charge on any atom is 0.242 e. The number of nitrogens with one attached hydrogen (secondary N) is 1. The summed E-state index contributed by atoms with van der Waals surface area (Å²) in [5, 5.41) is 2.95. The van der Waals surface area contributed by atoms with E-state index < -0.39 is 14.6 Å². The van der Waals surface area contributed by atoms with Gasteiger partial charge in [0.25, 0.3) is 0 Å². The Labute approximate surface area is 161 Å². The Hall–Kier alpha value is -2.14. The number of benzene rings is 2. The molecule has 0 aromatic heterocycles. The Bertz CT molecular complexity index is 911. The zero-order chi connectivity index (χ0) is 19.7. The molecule has 0 aliphatic heterocycles. The van der Waals surface area contributed by atoms with Crippen molar-refractivity contribution in [3.63, 3.8) is 0 Å². The van der Waals surface area contributed by atoms with E-state index in [4.69, 9.17) is 0 Å². The van der Waals surface area contributed by atoms with Crippen LogP contribution < -0.4 is 5.32 Å². The van der Waals surface area contributed by atoms with Crippen LogP contribution in [0.25, 0.3) is 0 Å². The SMILES string of the molecule is CCc1ccc([C@H](C)NC(=O)C2(S(=O)(=O)c3ccc(C)cc3)CCC2)cc1. The van der Waals surface area contributed by atoms with E-state index in [1.807, 2.05) is 38.1 Å². The van der Waals surface area contributed by atoms with Crippen molar-refractivity contribution in [2.45, 2.75) is 62.1 Å². The summed E-state index contributed by atoms with van der Waals surface area (Å²) in [4.78, 5) is 13.3. The summed E-state index contributed by atoms with van der Waals surface area (Å²) in [6.07, 6.45) is 2.45. The molecule has 0 saturated heterocycles. The van der Waals surface area contributed by atoms with Crippen molar-refractivity contribution in [1.82, 2.24) is 5.32 Å². The molecule has 1 aliphatic carbocycles. The molecule has 0 bridgehead atoms. The van der Waals surface area contributed by atoms with E-state index in [-0.39, 0.29) is 16.8 Å². The number of amides is 1. The highest BCUT2D eigenvalue weighted by Gasteiger charge is 2.55. The Morgan fingerprint density at radius 3 is 2.15 bits per heavy atom. The van der Waals surface area contributed by atoms with Gasteiger partial charge in [-0.15, -0.1) is 0 Å². The van der Waals surface area contributed by atoms with Crippen molar-refractivity contribution in [3.05, 3.63) is 65.2 Å². The van der Waals surface area contributed by atoms with Crippen LogP contribution in [-0.4, -0.2) is 19.1 Å². The Balaban J connectivity index is 1.83. The van der Waals surface area contributed by atoms with Crippen LogP contribution in [0.2, 0.25) is 0 Å². The second-order valence-corrected chi connectivity index (χ2v) is 9.71. The minimum atomic E-state index is -3.73. The van der Waals surface area contributed by atoms with Crippen molar-refractivity contribution in [1.29, 1.82) is 0 Å². The van der Waals surface area contributed by atoms with Gasteiger partial charge in [-0.2, -0.15) is 0 Å². The third kappa shape index (κ3) is 3.53. The molecule has 1 atom stereocenters. The lowest BCUT2D eigenvalue weighted by atomic mass is 9.83. The summed E-state index contributed by atoms with van der Waals surface area (Å²) in [6.45, 7) is 5.90. The highest BCUT2D eigenvalue weighted by atomic mass is 32.2. The molecule has 2 aromatic rings. The predicted octanol–water partition coefficient (Wildman–Crippen LogP) is 4.13. The molecule has 4 nitrogen and oxygen atoms in total. The normalized spacial score (nSPS) is 17.0. The Morgan fingerprint density at radius 1 is 1.07 bits per heavy atom. The van der Waals surface area contributed by atoms with E-state index in [9.17, 15) is 13.2 Å². The van der Waals surface area contributed by atoms with Gasteiger partial charge in [0, 0.05) is 0 Å². The Kier molecular flexibility index (Phi) is 5.43. The first-order valence-corrected chi connectivity index (χ1v) is 11.0. The van der Waals surface area contributed by atoms with E-state index in [1.54, 1.807) is 24.3 Å². The number of rotatable bonds is 6. The number of hydrogen-bond acceptors (Lipinski definition) is 3. The lowest BCUT2D eigenvalue weighted by Gasteiger charge is -2.40. The summed E-state index contributed by atoms with van der Waals surface area (Å²) < 4.78 is 25.1. The molecule has 0 unspecified atom stereocenters. The second-order valence-electron chi connectivity index (χ2n) is 7.45. The monoisotopic (exact) mass is 385 g/mol. The third-order valence-corrected chi connectivity index (χ3v) is 8.17. The molecule has 3 rings (SSSR count). The lowest BCUT2D eigenvalue weighted by Crippen LogP contribution is -2.57. The van der Waals surface area contributed by atoms with Gasteiger partial charge in [0.1, 0.15) is 0 Å². The van der Waals surface area contributed by atoms with Gasteiger partial charge in [0.05, 0.1) is 10.9 Å². The topological polar surface area (TPSA) is 63.2 Å². The van der Waals surface area contributed by atoms with Crippen molar-refractivity contribution in [2.75, 3.05) is 0 Å². The number of carbonyl (C=O) groups excluding carboxylic acids is 1. The smallest absolute Gasteiger partial charge is 0.242 e. The Morgan fingerprint density at radius 2 is 1.67 bits per heavy atom. The number of carbonyl (C=O) groups is 1. The molecule has 27 heavy (non-hydrogen) atoms. The molecule has 5 heteroatoms. The molecule has 2 aromatic carbocycles. The maximum absolute atomic E-state index is 13.2. The number of aryl methyl sites for hydroxylation is 2. The largest absolute Gasteiger partial charge is 0.348 e. The zero-order valence-corrected chi connectivity index (χ0v) is 17.0. The molecule has 0 radical (unpaired) electrons. The fraction of sp³-hybridized carbons (Fsp3) is 0.409. The van der Waals surface area contributed by atoms with Gasteiger partial charge in [-0.3, -0.25) is 4.79 Å². The van der Waals surface area contributed by atoms with Crippen molar-refractivity contribution < 1.29 is 13.2 Å². The molecular weight excluding hydrogens is 358 g/mol. The van der Waals surface area contributed by atoms with Crippen LogP contribution in [0.4, 0.5) is 0 Å². The van der Waals surface area contributed by atoms with Gasteiger partial charge in [0.15, 0.2) is 14.6 Å². The van der Waals surface area contributed by atoms with E-state index in [1.165, 1.54) is 5.56 Å². The van der Waals surface area contributed by atoms with Crippen molar-refractivity contribution >= 4 is 15.7 Å². The summed E-state index contributed by atoms with van der Waals surface area (Å²) in [5.74, 6) is -0.388. The van der Waals surface area contributed by atoms with Crippen LogP contribution >= 0.6 is 0 Å². The first-order valence-electron chi connectivity index (χ1n) is 9.51. The van der Waals surface area contributed by atoms with Gasteiger partial charge >= 0.3 is 0 Å². The van der Waals surface area contributed by atoms with E-state index in [2.05, 4.69) is 12.2 Å². The van der Waals surface area contributed by atoms with Gasteiger partial charge in [-0.25, -0.2) is 8.42 Å². The molecule has 144 valence electrons. The average Bonchev–Trinajstić information content (AvgIpc) is 2.60. The molecular formula is C22H27NO3S. The number of sulfone groups is 1.